The van der Waals surface area contributed by atoms with E-state index in [9.17, 15) is 0 Å². The highest BCUT2D eigenvalue weighted by Crippen LogP contribution is 2.30. The molecule has 0 aromatic heterocycles. The number of nitrogens with zero attached hydrogens (tertiary/aromatic N) is 1. The predicted octanol–water partition coefficient (Wildman–Crippen LogP) is 1.94. The molecule has 0 spiro atoms. The van der Waals surface area contributed by atoms with Gasteiger partial charge in [0.25, 0.3) is 0 Å². The van der Waals surface area contributed by atoms with Gasteiger partial charge in [-0.25, -0.2) is 5.90 Å². The van der Waals surface area contributed by atoms with E-state index in [1.165, 1.54) is 0 Å². The molecule has 0 bridgehead atoms. The van der Waals surface area contributed by atoms with E-state index in [0.29, 0.717) is 6.61 Å². The van der Waals surface area contributed by atoms with Crippen molar-refractivity contribution in [3.63, 3.8) is 0 Å². The Morgan fingerprint density at radius 2 is 2.24 bits per heavy atom. The second-order valence-electron chi connectivity index (χ2n) is 4.25. The van der Waals surface area contributed by atoms with Gasteiger partial charge in [0.2, 0.25) is 0 Å². The number of hydrogen-bond acceptors (Lipinski definition) is 4. The fourth-order valence-corrected chi connectivity index (χ4v) is 2.26. The number of nitrogens with two attached hydrogens (primary N) is 1. The molecular formula is C13H20N2O2. The van der Waals surface area contributed by atoms with Gasteiger partial charge in [0.15, 0.2) is 0 Å². The molecule has 1 heterocycles. The third-order valence-electron chi connectivity index (χ3n) is 3.08. The van der Waals surface area contributed by atoms with Crippen molar-refractivity contribution in [3.05, 3.63) is 24.3 Å². The summed E-state index contributed by atoms with van der Waals surface area (Å²) in [7, 11) is 0. The quantitative estimate of drug-likeness (QED) is 0.812. The summed E-state index contributed by atoms with van der Waals surface area (Å²) in [5.41, 5.74) is 1.14. The summed E-state index contributed by atoms with van der Waals surface area (Å²) < 4.78 is 5.65. The van der Waals surface area contributed by atoms with Gasteiger partial charge in [-0.1, -0.05) is 12.1 Å². The molecule has 1 aromatic carbocycles. The van der Waals surface area contributed by atoms with Crippen LogP contribution in [0.15, 0.2) is 24.3 Å². The van der Waals surface area contributed by atoms with Crippen molar-refractivity contribution in [2.45, 2.75) is 25.9 Å². The predicted molar refractivity (Wildman–Crippen MR) is 68.1 cm³/mol. The molecule has 0 amide bonds. The maximum absolute atomic E-state index is 5.65. The van der Waals surface area contributed by atoms with Crippen LogP contribution >= 0.6 is 0 Å². The van der Waals surface area contributed by atoms with Crippen molar-refractivity contribution in [1.29, 1.82) is 0 Å². The summed E-state index contributed by atoms with van der Waals surface area (Å²) in [5.74, 6) is 6.22. The fourth-order valence-electron chi connectivity index (χ4n) is 2.26. The molecule has 1 atom stereocenters. The molecule has 1 aliphatic rings. The van der Waals surface area contributed by atoms with Crippen LogP contribution in [0.5, 0.6) is 5.75 Å². The van der Waals surface area contributed by atoms with Crippen LogP contribution in [0, 0.1) is 0 Å². The lowest BCUT2D eigenvalue weighted by Crippen LogP contribution is -2.41. The van der Waals surface area contributed by atoms with Crippen LogP contribution in [0.3, 0.4) is 0 Å². The average Bonchev–Trinajstić information content (AvgIpc) is 2.40. The summed E-state index contributed by atoms with van der Waals surface area (Å²) in [6.45, 7) is 4.55. The highest BCUT2D eigenvalue weighted by molar-refractivity contribution is 5.58. The maximum atomic E-state index is 5.65. The number of piperidine rings is 1. The Kier molecular flexibility index (Phi) is 4.23. The largest absolute Gasteiger partial charge is 0.492 e. The minimum absolute atomic E-state index is 0.124. The first-order chi connectivity index (χ1) is 8.35. The van der Waals surface area contributed by atoms with Crippen LogP contribution in [-0.2, 0) is 4.84 Å². The van der Waals surface area contributed by atoms with Gasteiger partial charge in [0.1, 0.15) is 5.75 Å². The van der Waals surface area contributed by atoms with Gasteiger partial charge < -0.3 is 9.64 Å². The highest BCUT2D eigenvalue weighted by atomic mass is 16.6. The summed E-state index contributed by atoms with van der Waals surface area (Å²) >= 11 is 0. The Labute approximate surface area is 102 Å². The van der Waals surface area contributed by atoms with Crippen LogP contribution in [-0.4, -0.2) is 25.8 Å². The first-order valence-corrected chi connectivity index (χ1v) is 6.17. The van der Waals surface area contributed by atoms with E-state index >= 15 is 0 Å². The van der Waals surface area contributed by atoms with E-state index in [2.05, 4.69) is 11.0 Å². The molecule has 0 aliphatic carbocycles. The summed E-state index contributed by atoms with van der Waals surface area (Å²) in [5, 5.41) is 0. The molecule has 0 saturated carbocycles. The SMILES string of the molecule is CCOc1ccccc1N1CCCC(ON)C1. The van der Waals surface area contributed by atoms with Gasteiger partial charge in [-0.2, -0.15) is 0 Å². The van der Waals surface area contributed by atoms with Crippen molar-refractivity contribution >= 4 is 5.69 Å². The zero-order chi connectivity index (χ0) is 12.1. The molecule has 1 fully saturated rings. The highest BCUT2D eigenvalue weighted by Gasteiger charge is 2.22. The number of hydrogen-bond donors (Lipinski definition) is 1. The van der Waals surface area contributed by atoms with E-state index in [1.54, 1.807) is 0 Å². The van der Waals surface area contributed by atoms with Crippen molar-refractivity contribution in [3.8, 4) is 5.75 Å². The topological polar surface area (TPSA) is 47.7 Å². The first kappa shape index (κ1) is 12.2. The summed E-state index contributed by atoms with van der Waals surface area (Å²) in [6.07, 6.45) is 2.25. The maximum Gasteiger partial charge on any atom is 0.142 e. The number of benzene rings is 1. The lowest BCUT2D eigenvalue weighted by Gasteiger charge is -2.34. The van der Waals surface area contributed by atoms with Crippen LogP contribution in [0.4, 0.5) is 5.69 Å². The number of rotatable bonds is 4. The standard InChI is InChI=1S/C13H20N2O2/c1-2-16-13-8-4-3-7-12(13)15-9-5-6-11(10-15)17-14/h3-4,7-8,11H,2,5-6,9-10,14H2,1H3. The van der Waals surface area contributed by atoms with Crippen LogP contribution in [0.25, 0.3) is 0 Å². The second-order valence-corrected chi connectivity index (χ2v) is 4.25. The van der Waals surface area contributed by atoms with Gasteiger partial charge in [0, 0.05) is 13.1 Å². The minimum Gasteiger partial charge on any atom is -0.492 e. The molecule has 4 heteroatoms. The molecule has 94 valence electrons. The van der Waals surface area contributed by atoms with E-state index in [0.717, 1.165) is 37.4 Å². The Bertz CT molecular complexity index is 357. The minimum atomic E-state index is 0.124. The molecule has 4 nitrogen and oxygen atoms in total. The number of anilines is 1. The van der Waals surface area contributed by atoms with Crippen molar-refractivity contribution in [1.82, 2.24) is 0 Å². The van der Waals surface area contributed by atoms with Crippen LogP contribution in [0.2, 0.25) is 0 Å². The monoisotopic (exact) mass is 236 g/mol. The first-order valence-electron chi connectivity index (χ1n) is 6.17. The Hall–Kier alpha value is -1.26. The lowest BCUT2D eigenvalue weighted by atomic mass is 10.1. The molecular weight excluding hydrogens is 216 g/mol. The number of ether oxygens (including phenoxy) is 1. The third kappa shape index (κ3) is 2.90. The molecule has 1 aliphatic heterocycles. The summed E-state index contributed by atoms with van der Waals surface area (Å²) in [6, 6.07) is 8.12. The van der Waals surface area contributed by atoms with Crippen molar-refractivity contribution in [2.75, 3.05) is 24.6 Å². The second kappa shape index (κ2) is 5.89. The van der Waals surface area contributed by atoms with Crippen molar-refractivity contribution in [2.24, 2.45) is 5.90 Å². The zero-order valence-electron chi connectivity index (χ0n) is 10.3. The zero-order valence-corrected chi connectivity index (χ0v) is 10.3. The van der Waals surface area contributed by atoms with E-state index in [4.69, 9.17) is 15.5 Å². The van der Waals surface area contributed by atoms with E-state index in [1.807, 2.05) is 25.1 Å². The molecule has 17 heavy (non-hydrogen) atoms. The molecule has 2 rings (SSSR count). The number of para-hydroxylation sites is 2. The van der Waals surface area contributed by atoms with E-state index in [-0.39, 0.29) is 6.10 Å². The van der Waals surface area contributed by atoms with Crippen molar-refractivity contribution < 1.29 is 9.57 Å². The van der Waals surface area contributed by atoms with Gasteiger partial charge in [-0.3, -0.25) is 4.84 Å². The Morgan fingerprint density at radius 1 is 1.41 bits per heavy atom. The normalized spacial score (nSPS) is 20.4. The van der Waals surface area contributed by atoms with Gasteiger partial charge in [-0.15, -0.1) is 0 Å². The van der Waals surface area contributed by atoms with Gasteiger partial charge in [-0.05, 0) is 31.9 Å². The van der Waals surface area contributed by atoms with Gasteiger partial charge in [0.05, 0.1) is 18.4 Å². The Balaban J connectivity index is 2.15. The molecule has 2 N–H and O–H groups in total. The lowest BCUT2D eigenvalue weighted by molar-refractivity contribution is 0.0434. The third-order valence-corrected chi connectivity index (χ3v) is 3.08. The molecule has 1 aromatic rings. The molecule has 1 saturated heterocycles. The molecule has 1 unspecified atom stereocenters. The molecule has 0 radical (unpaired) electrons. The van der Waals surface area contributed by atoms with Crippen LogP contribution in [0.1, 0.15) is 19.8 Å². The van der Waals surface area contributed by atoms with E-state index < -0.39 is 0 Å². The van der Waals surface area contributed by atoms with Gasteiger partial charge >= 0.3 is 0 Å². The summed E-state index contributed by atoms with van der Waals surface area (Å²) in [4.78, 5) is 7.24. The van der Waals surface area contributed by atoms with Crippen LogP contribution < -0.4 is 15.5 Å². The Morgan fingerprint density at radius 3 is 3.00 bits per heavy atom. The fraction of sp³-hybridized carbons (Fsp3) is 0.538. The average molecular weight is 236 g/mol. The smallest absolute Gasteiger partial charge is 0.142 e.